The number of hydrogen-bond acceptors (Lipinski definition) is 3. The van der Waals surface area contributed by atoms with Gasteiger partial charge >= 0.3 is 0 Å². The second-order valence-electron chi connectivity index (χ2n) is 4.89. The van der Waals surface area contributed by atoms with Crippen molar-refractivity contribution in [1.82, 2.24) is 5.48 Å². The van der Waals surface area contributed by atoms with Gasteiger partial charge in [0.2, 0.25) is 0 Å². The molecule has 1 heterocycles. The lowest BCUT2D eigenvalue weighted by molar-refractivity contribution is -0.0127. The first-order valence-electron chi connectivity index (χ1n) is 5.82. The van der Waals surface area contributed by atoms with Crippen molar-refractivity contribution in [3.05, 3.63) is 12.2 Å². The number of amidine groups is 1. The molecular formula is C12H20N2O. The maximum absolute atomic E-state index is 5.49. The molecule has 0 aromatic heterocycles. The zero-order chi connectivity index (χ0) is 10.8. The Hall–Kier alpha value is -0.830. The van der Waals surface area contributed by atoms with Gasteiger partial charge < -0.3 is 0 Å². The minimum atomic E-state index is 0.0178. The topological polar surface area (TPSA) is 33.6 Å². The molecule has 0 radical (unpaired) electrons. The van der Waals surface area contributed by atoms with E-state index in [1.54, 1.807) is 0 Å². The summed E-state index contributed by atoms with van der Waals surface area (Å²) in [6.07, 6.45) is 5.11. The van der Waals surface area contributed by atoms with Crippen molar-refractivity contribution in [2.75, 3.05) is 0 Å². The Morgan fingerprint density at radius 3 is 2.60 bits per heavy atom. The van der Waals surface area contributed by atoms with Crippen molar-refractivity contribution in [1.29, 1.82) is 0 Å². The predicted octanol–water partition coefficient (Wildman–Crippen LogP) is 2.65. The fraction of sp³-hybridized carbons (Fsp3) is 0.750. The third-order valence-corrected chi connectivity index (χ3v) is 3.40. The summed E-state index contributed by atoms with van der Waals surface area (Å²) in [5.41, 5.74) is 3.81. The minimum Gasteiger partial charge on any atom is -0.247 e. The van der Waals surface area contributed by atoms with E-state index in [0.717, 1.165) is 17.3 Å². The van der Waals surface area contributed by atoms with Crippen molar-refractivity contribution in [2.24, 2.45) is 16.8 Å². The first kappa shape index (κ1) is 10.7. The SMILES string of the molecule is C=C(C)C1=NC(C2CCC(C)CC2)ON1. The molecule has 0 bridgehead atoms. The van der Waals surface area contributed by atoms with Gasteiger partial charge in [-0.2, -0.15) is 0 Å². The van der Waals surface area contributed by atoms with E-state index in [1.807, 2.05) is 6.92 Å². The van der Waals surface area contributed by atoms with E-state index in [1.165, 1.54) is 25.7 Å². The highest BCUT2D eigenvalue weighted by atomic mass is 16.7. The molecule has 2 rings (SSSR count). The summed E-state index contributed by atoms with van der Waals surface area (Å²) in [5, 5.41) is 0. The Balaban J connectivity index is 1.93. The second kappa shape index (κ2) is 4.35. The van der Waals surface area contributed by atoms with E-state index in [0.29, 0.717) is 5.92 Å². The van der Waals surface area contributed by atoms with Crippen LogP contribution in [0.25, 0.3) is 0 Å². The summed E-state index contributed by atoms with van der Waals surface area (Å²) < 4.78 is 0. The van der Waals surface area contributed by atoms with Crippen molar-refractivity contribution in [3.8, 4) is 0 Å². The highest BCUT2D eigenvalue weighted by Gasteiger charge is 2.30. The van der Waals surface area contributed by atoms with Crippen molar-refractivity contribution in [3.63, 3.8) is 0 Å². The third-order valence-electron chi connectivity index (χ3n) is 3.40. The summed E-state index contributed by atoms with van der Waals surface area (Å²) in [7, 11) is 0. The van der Waals surface area contributed by atoms with Crippen LogP contribution in [0.3, 0.4) is 0 Å². The largest absolute Gasteiger partial charge is 0.247 e. The van der Waals surface area contributed by atoms with E-state index in [4.69, 9.17) is 4.84 Å². The van der Waals surface area contributed by atoms with Gasteiger partial charge in [0.1, 0.15) is 5.84 Å². The number of hydroxylamine groups is 1. The lowest BCUT2D eigenvalue weighted by Crippen LogP contribution is -2.26. The van der Waals surface area contributed by atoms with E-state index in [9.17, 15) is 0 Å². The van der Waals surface area contributed by atoms with Gasteiger partial charge in [0.25, 0.3) is 0 Å². The molecule has 0 amide bonds. The first-order valence-corrected chi connectivity index (χ1v) is 5.82. The molecule has 15 heavy (non-hydrogen) atoms. The summed E-state index contributed by atoms with van der Waals surface area (Å²) in [4.78, 5) is 10.0. The minimum absolute atomic E-state index is 0.0178. The molecule has 1 aliphatic heterocycles. The van der Waals surface area contributed by atoms with Gasteiger partial charge in [0, 0.05) is 5.92 Å². The van der Waals surface area contributed by atoms with Crippen LogP contribution in [-0.2, 0) is 4.84 Å². The highest BCUT2D eigenvalue weighted by Crippen LogP contribution is 2.32. The molecule has 1 aliphatic carbocycles. The maximum Gasteiger partial charge on any atom is 0.180 e. The maximum atomic E-state index is 5.49. The number of hydrogen-bond donors (Lipinski definition) is 1. The highest BCUT2D eigenvalue weighted by molar-refractivity contribution is 5.97. The quantitative estimate of drug-likeness (QED) is 0.757. The average molecular weight is 208 g/mol. The number of rotatable bonds is 2. The van der Waals surface area contributed by atoms with E-state index >= 15 is 0 Å². The summed E-state index contributed by atoms with van der Waals surface area (Å²) in [5.74, 6) is 2.28. The Morgan fingerprint density at radius 1 is 1.40 bits per heavy atom. The Morgan fingerprint density at radius 2 is 2.07 bits per heavy atom. The van der Waals surface area contributed by atoms with Crippen LogP contribution < -0.4 is 5.48 Å². The molecule has 0 saturated heterocycles. The molecule has 0 aromatic carbocycles. The van der Waals surface area contributed by atoms with Gasteiger partial charge in [-0.15, -0.1) is 0 Å². The summed E-state index contributed by atoms with van der Waals surface area (Å²) in [6, 6.07) is 0. The Bertz CT molecular complexity index is 277. The van der Waals surface area contributed by atoms with Crippen molar-refractivity contribution in [2.45, 2.75) is 45.8 Å². The lowest BCUT2D eigenvalue weighted by atomic mass is 9.82. The fourth-order valence-electron chi connectivity index (χ4n) is 2.27. The predicted molar refractivity (Wildman–Crippen MR) is 61.4 cm³/mol. The third kappa shape index (κ3) is 2.40. The Labute approximate surface area is 91.6 Å². The van der Waals surface area contributed by atoms with Crippen molar-refractivity contribution < 1.29 is 4.84 Å². The monoisotopic (exact) mass is 208 g/mol. The van der Waals surface area contributed by atoms with Crippen LogP contribution in [0.1, 0.15) is 39.5 Å². The molecule has 1 saturated carbocycles. The molecule has 2 aliphatic rings. The van der Waals surface area contributed by atoms with Gasteiger partial charge in [-0.3, -0.25) is 0 Å². The molecule has 1 fully saturated rings. The van der Waals surface area contributed by atoms with Crippen LogP contribution in [0.15, 0.2) is 17.1 Å². The molecular weight excluding hydrogens is 188 g/mol. The normalized spacial score (nSPS) is 35.9. The van der Waals surface area contributed by atoms with E-state index < -0.39 is 0 Å². The summed E-state index contributed by atoms with van der Waals surface area (Å²) in [6.45, 7) is 8.13. The molecule has 3 nitrogen and oxygen atoms in total. The van der Waals surface area contributed by atoms with Gasteiger partial charge in [0.15, 0.2) is 6.23 Å². The fourth-order valence-corrected chi connectivity index (χ4v) is 2.27. The lowest BCUT2D eigenvalue weighted by Gasteiger charge is -2.27. The van der Waals surface area contributed by atoms with Crippen LogP contribution in [0, 0.1) is 11.8 Å². The van der Waals surface area contributed by atoms with Crippen LogP contribution >= 0.6 is 0 Å². The molecule has 84 valence electrons. The van der Waals surface area contributed by atoms with Crippen LogP contribution in [0.5, 0.6) is 0 Å². The zero-order valence-electron chi connectivity index (χ0n) is 9.62. The van der Waals surface area contributed by atoms with Gasteiger partial charge in [-0.1, -0.05) is 26.3 Å². The second-order valence-corrected chi connectivity index (χ2v) is 4.89. The van der Waals surface area contributed by atoms with Gasteiger partial charge in [-0.25, -0.2) is 15.3 Å². The molecule has 1 unspecified atom stereocenters. The molecule has 3 heteroatoms. The first-order chi connectivity index (χ1) is 7.16. The number of aliphatic imine (C=N–C) groups is 1. The number of nitrogens with one attached hydrogen (secondary N) is 1. The smallest absolute Gasteiger partial charge is 0.180 e. The summed E-state index contributed by atoms with van der Waals surface area (Å²) >= 11 is 0. The molecule has 1 N–H and O–H groups in total. The standard InChI is InChI=1S/C12H20N2O/c1-8(2)11-13-12(15-14-11)10-6-4-9(3)5-7-10/h9-10,12H,1,4-7H2,2-3H3,(H,13,14). The molecule has 1 atom stereocenters. The van der Waals surface area contributed by atoms with Gasteiger partial charge in [0.05, 0.1) is 0 Å². The average Bonchev–Trinajstić information content (AvgIpc) is 2.68. The number of nitrogens with zero attached hydrogens (tertiary/aromatic N) is 1. The van der Waals surface area contributed by atoms with Crippen molar-refractivity contribution >= 4 is 5.84 Å². The van der Waals surface area contributed by atoms with Crippen LogP contribution in [-0.4, -0.2) is 12.1 Å². The Kier molecular flexibility index (Phi) is 3.10. The van der Waals surface area contributed by atoms with E-state index in [-0.39, 0.29) is 6.23 Å². The zero-order valence-corrected chi connectivity index (χ0v) is 9.62. The van der Waals surface area contributed by atoms with Crippen LogP contribution in [0.4, 0.5) is 0 Å². The van der Waals surface area contributed by atoms with Crippen LogP contribution in [0.2, 0.25) is 0 Å². The molecule has 0 spiro atoms. The van der Waals surface area contributed by atoms with E-state index in [2.05, 4.69) is 24.0 Å². The van der Waals surface area contributed by atoms with Gasteiger partial charge in [-0.05, 0) is 31.3 Å². The molecule has 0 aromatic rings.